The smallest absolute Gasteiger partial charge is 0.223 e. The predicted octanol–water partition coefficient (Wildman–Crippen LogP) is 4.51. The predicted molar refractivity (Wildman–Crippen MR) is 155 cm³/mol. The third-order valence-electron chi connectivity index (χ3n) is 8.86. The van der Waals surface area contributed by atoms with Crippen LogP contribution < -0.4 is 5.32 Å². The second-order valence-electron chi connectivity index (χ2n) is 11.8. The fourth-order valence-corrected chi connectivity index (χ4v) is 8.89. The Labute approximate surface area is 241 Å². The van der Waals surface area contributed by atoms with Crippen LogP contribution in [0.25, 0.3) is 0 Å². The number of halogens is 1. The highest BCUT2D eigenvalue weighted by Crippen LogP contribution is 2.42. The summed E-state index contributed by atoms with van der Waals surface area (Å²) >= 11 is 7.81. The zero-order valence-electron chi connectivity index (χ0n) is 23.3. The van der Waals surface area contributed by atoms with Gasteiger partial charge >= 0.3 is 0 Å². The summed E-state index contributed by atoms with van der Waals surface area (Å²) in [5, 5.41) is 12.2. The first kappa shape index (κ1) is 29.0. The molecule has 12 heteroatoms. The molecule has 3 aliphatic heterocycles. The molecule has 5 rings (SSSR count). The molecule has 5 heterocycles. The van der Waals surface area contributed by atoms with E-state index in [1.165, 1.54) is 34.7 Å². The molecule has 3 aliphatic rings. The molecule has 0 aromatic carbocycles. The number of nitrogens with one attached hydrogen (secondary N) is 1. The number of amides is 1. The van der Waals surface area contributed by atoms with Gasteiger partial charge in [-0.1, -0.05) is 25.4 Å². The number of hydrogen-bond acceptors (Lipinski definition) is 7. The Morgan fingerprint density at radius 1 is 1.10 bits per heavy atom. The number of nitrogens with zero attached hydrogens (tertiary/aromatic N) is 5. The van der Waals surface area contributed by atoms with Gasteiger partial charge in [0.15, 0.2) is 0 Å². The summed E-state index contributed by atoms with van der Waals surface area (Å²) in [7, 11) is -3.22. The molecular formula is C27H41ClN6O3S2. The SMILES string of the molecule is Cc1nnc(C(C)C)n1C1C[C@H]2CC[C@@H](C1)N2CC[C@H](NC(=O)C1CCN(S(C)(=O)=O)CC1)c1ccc(Cl)s1. The molecule has 216 valence electrons. The summed E-state index contributed by atoms with van der Waals surface area (Å²) in [4.78, 5) is 17.0. The fourth-order valence-electron chi connectivity index (χ4n) is 6.87. The molecule has 0 spiro atoms. The fraction of sp³-hybridized carbons (Fsp3) is 0.741. The van der Waals surface area contributed by atoms with Gasteiger partial charge in [-0.3, -0.25) is 9.69 Å². The summed E-state index contributed by atoms with van der Waals surface area (Å²) < 4.78 is 28.3. The zero-order chi connectivity index (χ0) is 27.9. The van der Waals surface area contributed by atoms with E-state index in [1.54, 1.807) is 0 Å². The largest absolute Gasteiger partial charge is 0.348 e. The first-order valence-electron chi connectivity index (χ1n) is 14.2. The van der Waals surface area contributed by atoms with Crippen molar-refractivity contribution in [3.05, 3.63) is 33.0 Å². The van der Waals surface area contributed by atoms with Crippen molar-refractivity contribution in [1.29, 1.82) is 0 Å². The number of piperidine rings is 2. The molecule has 1 N–H and O–H groups in total. The number of sulfonamides is 1. The van der Waals surface area contributed by atoms with E-state index >= 15 is 0 Å². The Morgan fingerprint density at radius 2 is 1.77 bits per heavy atom. The van der Waals surface area contributed by atoms with Crippen molar-refractivity contribution in [2.75, 3.05) is 25.9 Å². The van der Waals surface area contributed by atoms with E-state index in [4.69, 9.17) is 11.6 Å². The average Bonchev–Trinajstić information content (AvgIpc) is 3.56. The van der Waals surface area contributed by atoms with Crippen LogP contribution in [0.3, 0.4) is 0 Å². The van der Waals surface area contributed by atoms with Gasteiger partial charge in [0, 0.05) is 54.5 Å². The molecule has 4 atom stereocenters. The molecule has 3 fully saturated rings. The molecule has 3 saturated heterocycles. The van der Waals surface area contributed by atoms with Crippen LogP contribution in [0.4, 0.5) is 0 Å². The van der Waals surface area contributed by atoms with Crippen LogP contribution >= 0.6 is 22.9 Å². The number of thiophene rings is 1. The maximum atomic E-state index is 13.3. The van der Waals surface area contributed by atoms with Gasteiger partial charge < -0.3 is 9.88 Å². The molecule has 1 amide bonds. The van der Waals surface area contributed by atoms with Crippen LogP contribution in [-0.4, -0.2) is 76.3 Å². The molecule has 0 radical (unpaired) electrons. The Balaban J connectivity index is 1.23. The summed E-state index contributed by atoms with van der Waals surface area (Å²) in [6, 6.07) is 5.31. The molecule has 39 heavy (non-hydrogen) atoms. The lowest BCUT2D eigenvalue weighted by Gasteiger charge is -2.40. The van der Waals surface area contributed by atoms with E-state index in [1.807, 2.05) is 12.1 Å². The van der Waals surface area contributed by atoms with Crippen LogP contribution in [0.1, 0.15) is 93.3 Å². The first-order chi connectivity index (χ1) is 18.5. The van der Waals surface area contributed by atoms with Gasteiger partial charge in [-0.05, 0) is 64.0 Å². The Hall–Kier alpha value is -1.53. The van der Waals surface area contributed by atoms with Crippen molar-refractivity contribution >= 4 is 38.9 Å². The van der Waals surface area contributed by atoms with Crippen molar-refractivity contribution in [2.45, 2.75) is 95.8 Å². The molecule has 2 aromatic heterocycles. The summed E-state index contributed by atoms with van der Waals surface area (Å²) in [6.45, 7) is 8.16. The summed E-state index contributed by atoms with van der Waals surface area (Å²) in [5.74, 6) is 2.29. The normalized spacial score (nSPS) is 25.8. The van der Waals surface area contributed by atoms with Crippen molar-refractivity contribution in [3.63, 3.8) is 0 Å². The quantitative estimate of drug-likeness (QED) is 0.457. The number of carbonyl (C=O) groups excluding carboxylic acids is 1. The van der Waals surface area contributed by atoms with Crippen molar-refractivity contribution in [2.24, 2.45) is 5.92 Å². The number of fused-ring (bicyclic) bond motifs is 2. The molecular weight excluding hydrogens is 556 g/mol. The van der Waals surface area contributed by atoms with Crippen LogP contribution in [0, 0.1) is 12.8 Å². The van der Waals surface area contributed by atoms with E-state index in [2.05, 4.69) is 45.8 Å². The Bertz CT molecular complexity index is 1260. The minimum Gasteiger partial charge on any atom is -0.348 e. The van der Waals surface area contributed by atoms with Gasteiger partial charge in [0.05, 0.1) is 16.6 Å². The lowest BCUT2D eigenvalue weighted by molar-refractivity contribution is -0.127. The van der Waals surface area contributed by atoms with Gasteiger partial charge in [0.1, 0.15) is 11.6 Å². The average molecular weight is 597 g/mol. The number of hydrogen-bond donors (Lipinski definition) is 1. The molecule has 0 aliphatic carbocycles. The second-order valence-corrected chi connectivity index (χ2v) is 15.5. The van der Waals surface area contributed by atoms with Crippen LogP contribution in [-0.2, 0) is 14.8 Å². The number of carbonyl (C=O) groups is 1. The van der Waals surface area contributed by atoms with Gasteiger partial charge in [0.2, 0.25) is 15.9 Å². The monoisotopic (exact) mass is 596 g/mol. The molecule has 0 saturated carbocycles. The van der Waals surface area contributed by atoms with Crippen LogP contribution in [0.15, 0.2) is 12.1 Å². The molecule has 9 nitrogen and oxygen atoms in total. The zero-order valence-corrected chi connectivity index (χ0v) is 25.7. The van der Waals surface area contributed by atoms with E-state index in [0.29, 0.717) is 50.0 Å². The van der Waals surface area contributed by atoms with Gasteiger partial charge in [-0.15, -0.1) is 21.5 Å². The lowest BCUT2D eigenvalue weighted by Crippen LogP contribution is -2.46. The van der Waals surface area contributed by atoms with E-state index in [0.717, 1.165) is 46.7 Å². The van der Waals surface area contributed by atoms with Crippen molar-refractivity contribution in [3.8, 4) is 0 Å². The number of aromatic nitrogens is 3. The molecule has 2 bridgehead atoms. The van der Waals surface area contributed by atoms with E-state index in [-0.39, 0.29) is 17.9 Å². The third-order valence-corrected chi connectivity index (χ3v) is 11.5. The molecule has 1 unspecified atom stereocenters. The maximum absolute atomic E-state index is 13.3. The highest BCUT2D eigenvalue weighted by atomic mass is 35.5. The van der Waals surface area contributed by atoms with Gasteiger partial charge in [0.25, 0.3) is 0 Å². The number of rotatable bonds is 9. The number of aryl methyl sites for hydroxylation is 1. The summed E-state index contributed by atoms with van der Waals surface area (Å²) in [5.41, 5.74) is 0. The summed E-state index contributed by atoms with van der Waals surface area (Å²) in [6.07, 6.45) is 7.79. The van der Waals surface area contributed by atoms with Crippen LogP contribution in [0.2, 0.25) is 4.34 Å². The Morgan fingerprint density at radius 3 is 2.33 bits per heavy atom. The topological polar surface area (TPSA) is 100 Å². The highest BCUT2D eigenvalue weighted by Gasteiger charge is 2.42. The standard InChI is InChI=1S/C27H41ClN6O3S2/c1-17(2)26-31-30-18(3)34(26)22-15-20-5-6-21(16-22)33(20)14-11-23(24-7-8-25(28)38-24)29-27(35)19-9-12-32(13-10-19)39(4,36)37/h7-8,17,19-23H,5-6,9-16H2,1-4H3,(H,29,35)/t20-,21+,22?,23-/m0/s1. The third kappa shape index (κ3) is 6.37. The minimum atomic E-state index is -3.22. The Kier molecular flexibility index (Phi) is 8.74. The van der Waals surface area contributed by atoms with Crippen molar-refractivity contribution in [1.82, 2.24) is 29.3 Å². The second kappa shape index (κ2) is 11.8. The minimum absolute atomic E-state index is 0.0173. The molecule has 2 aromatic rings. The lowest BCUT2D eigenvalue weighted by atomic mass is 9.95. The first-order valence-corrected chi connectivity index (χ1v) is 17.2. The highest BCUT2D eigenvalue weighted by molar-refractivity contribution is 7.88. The van der Waals surface area contributed by atoms with Gasteiger partial charge in [-0.25, -0.2) is 12.7 Å². The maximum Gasteiger partial charge on any atom is 0.223 e. The van der Waals surface area contributed by atoms with Crippen LogP contribution in [0.5, 0.6) is 0 Å². The van der Waals surface area contributed by atoms with E-state index in [9.17, 15) is 13.2 Å². The van der Waals surface area contributed by atoms with Gasteiger partial charge in [-0.2, -0.15) is 0 Å². The van der Waals surface area contributed by atoms with E-state index < -0.39 is 10.0 Å². The van der Waals surface area contributed by atoms with Crippen molar-refractivity contribution < 1.29 is 13.2 Å².